The van der Waals surface area contributed by atoms with E-state index in [1.807, 2.05) is 79.7 Å². The Bertz CT molecular complexity index is 1190. The first-order valence-corrected chi connectivity index (χ1v) is 10.2. The number of hydrogen-bond acceptors (Lipinski definition) is 5. The molecule has 0 amide bonds. The molecule has 5 nitrogen and oxygen atoms in total. The van der Waals surface area contributed by atoms with Crippen molar-refractivity contribution in [3.05, 3.63) is 95.0 Å². The molecule has 0 fully saturated rings. The fourth-order valence-corrected chi connectivity index (χ4v) is 3.26. The van der Waals surface area contributed by atoms with Crippen molar-refractivity contribution in [3.8, 4) is 28.3 Å². The summed E-state index contributed by atoms with van der Waals surface area (Å²) in [5.41, 5.74) is 7.77. The van der Waals surface area contributed by atoms with E-state index in [4.69, 9.17) is 0 Å². The molecule has 0 saturated heterocycles. The van der Waals surface area contributed by atoms with Gasteiger partial charge in [0, 0.05) is 21.2 Å². The maximum absolute atomic E-state index is 10.0. The van der Waals surface area contributed by atoms with Crippen molar-refractivity contribution in [1.82, 2.24) is 9.97 Å². The summed E-state index contributed by atoms with van der Waals surface area (Å²) in [7, 11) is 0. The summed E-state index contributed by atoms with van der Waals surface area (Å²) >= 11 is 3.47. The monoisotopic (exact) mass is 458 g/mol. The van der Waals surface area contributed by atoms with Crippen LogP contribution in [0.3, 0.4) is 0 Å². The molecule has 0 aliphatic rings. The smallest absolute Gasteiger partial charge is 0.244 e. The average molecular weight is 459 g/mol. The molecular formula is C24H19BrN4O. The zero-order valence-corrected chi connectivity index (χ0v) is 17.8. The lowest BCUT2D eigenvalue weighted by Gasteiger charge is -2.09. The summed E-state index contributed by atoms with van der Waals surface area (Å²) < 4.78 is 1.00. The van der Waals surface area contributed by atoms with E-state index in [2.05, 4.69) is 36.4 Å². The summed E-state index contributed by atoms with van der Waals surface area (Å²) in [5.74, 6) is 0.555. The van der Waals surface area contributed by atoms with E-state index in [0.29, 0.717) is 17.2 Å². The number of nitrogens with zero attached hydrogens (tertiary/aromatic N) is 3. The number of phenolic OH excluding ortho intramolecular Hbond substituents is 1. The molecule has 4 aromatic rings. The number of phenols is 1. The van der Waals surface area contributed by atoms with Crippen LogP contribution >= 0.6 is 15.9 Å². The van der Waals surface area contributed by atoms with Crippen molar-refractivity contribution in [2.75, 3.05) is 5.43 Å². The van der Waals surface area contributed by atoms with Crippen LogP contribution in [0.25, 0.3) is 22.5 Å². The normalized spacial score (nSPS) is 11.3. The van der Waals surface area contributed by atoms with Gasteiger partial charge < -0.3 is 5.11 Å². The molecule has 0 aliphatic carbocycles. The first kappa shape index (κ1) is 19.8. The molecule has 0 bridgehead atoms. The van der Waals surface area contributed by atoms with Crippen LogP contribution in [0.2, 0.25) is 0 Å². The van der Waals surface area contributed by atoms with E-state index < -0.39 is 0 Å². The van der Waals surface area contributed by atoms with Crippen LogP contribution in [-0.2, 0) is 0 Å². The lowest BCUT2D eigenvalue weighted by Crippen LogP contribution is -2.04. The molecule has 4 rings (SSSR count). The SMILES string of the molecule is CC(=NNc1nc(-c2ccccc2)cc(-c2ccc(Br)cc2)n1)c1ccccc1O. The zero-order valence-electron chi connectivity index (χ0n) is 16.2. The molecule has 1 heterocycles. The first-order valence-electron chi connectivity index (χ1n) is 9.39. The van der Waals surface area contributed by atoms with Crippen molar-refractivity contribution in [3.63, 3.8) is 0 Å². The molecule has 6 heteroatoms. The second-order valence-corrected chi connectivity index (χ2v) is 7.58. The predicted octanol–water partition coefficient (Wildman–Crippen LogP) is 6.11. The van der Waals surface area contributed by atoms with Gasteiger partial charge in [0.25, 0.3) is 0 Å². The third kappa shape index (κ3) is 4.55. The highest BCUT2D eigenvalue weighted by molar-refractivity contribution is 9.10. The molecule has 1 aromatic heterocycles. The largest absolute Gasteiger partial charge is 0.507 e. The van der Waals surface area contributed by atoms with E-state index in [1.54, 1.807) is 12.1 Å². The molecule has 0 unspecified atom stereocenters. The van der Waals surface area contributed by atoms with E-state index in [9.17, 15) is 5.11 Å². The van der Waals surface area contributed by atoms with E-state index >= 15 is 0 Å². The summed E-state index contributed by atoms with van der Waals surface area (Å²) in [6.07, 6.45) is 0. The van der Waals surface area contributed by atoms with Gasteiger partial charge in [0.2, 0.25) is 5.95 Å². The molecule has 2 N–H and O–H groups in total. The minimum Gasteiger partial charge on any atom is -0.507 e. The van der Waals surface area contributed by atoms with Gasteiger partial charge in [0.05, 0.1) is 17.1 Å². The Labute approximate surface area is 183 Å². The van der Waals surface area contributed by atoms with E-state index in [1.165, 1.54) is 0 Å². The van der Waals surface area contributed by atoms with Crippen molar-refractivity contribution < 1.29 is 5.11 Å². The minimum absolute atomic E-state index is 0.176. The molecule has 0 atom stereocenters. The number of benzene rings is 3. The van der Waals surface area contributed by atoms with Crippen LogP contribution < -0.4 is 5.43 Å². The number of hydrogen-bond donors (Lipinski definition) is 2. The Morgan fingerprint density at radius 2 is 1.43 bits per heavy atom. The number of halogens is 1. The molecule has 3 aromatic carbocycles. The summed E-state index contributed by atoms with van der Waals surface area (Å²) in [4.78, 5) is 9.27. The number of nitrogens with one attached hydrogen (secondary N) is 1. The maximum Gasteiger partial charge on any atom is 0.244 e. The van der Waals surface area contributed by atoms with Gasteiger partial charge in [-0.25, -0.2) is 15.4 Å². The fourth-order valence-electron chi connectivity index (χ4n) is 3.00. The maximum atomic E-state index is 10.0. The zero-order chi connectivity index (χ0) is 20.9. The molecule has 30 heavy (non-hydrogen) atoms. The van der Waals surface area contributed by atoms with Crippen molar-refractivity contribution in [2.45, 2.75) is 6.92 Å². The van der Waals surface area contributed by atoms with Crippen LogP contribution in [0.4, 0.5) is 5.95 Å². The van der Waals surface area contributed by atoms with Gasteiger partial charge in [-0.15, -0.1) is 0 Å². The van der Waals surface area contributed by atoms with Gasteiger partial charge in [-0.3, -0.25) is 0 Å². The van der Waals surface area contributed by atoms with Crippen LogP contribution in [-0.4, -0.2) is 20.8 Å². The molecule has 148 valence electrons. The number of aromatic nitrogens is 2. The van der Waals surface area contributed by atoms with Crippen LogP contribution in [0.1, 0.15) is 12.5 Å². The van der Waals surface area contributed by atoms with E-state index in [-0.39, 0.29) is 5.75 Å². The number of aromatic hydroxyl groups is 1. The molecule has 0 saturated carbocycles. The quantitative estimate of drug-likeness (QED) is 0.279. The van der Waals surface area contributed by atoms with Gasteiger partial charge in [-0.2, -0.15) is 5.10 Å². The Morgan fingerprint density at radius 1 is 0.833 bits per heavy atom. The van der Waals surface area contributed by atoms with Crippen molar-refractivity contribution in [2.24, 2.45) is 5.10 Å². The van der Waals surface area contributed by atoms with Crippen LogP contribution in [0.5, 0.6) is 5.75 Å². The summed E-state index contributed by atoms with van der Waals surface area (Å²) in [5, 5.41) is 14.4. The highest BCUT2D eigenvalue weighted by Gasteiger charge is 2.09. The third-order valence-electron chi connectivity index (χ3n) is 4.55. The van der Waals surface area contributed by atoms with Crippen LogP contribution in [0.15, 0.2) is 94.5 Å². The minimum atomic E-state index is 0.176. The topological polar surface area (TPSA) is 70.4 Å². The fraction of sp³-hybridized carbons (Fsp3) is 0.0417. The van der Waals surface area contributed by atoms with Gasteiger partial charge in [-0.05, 0) is 37.3 Å². The highest BCUT2D eigenvalue weighted by atomic mass is 79.9. The van der Waals surface area contributed by atoms with Crippen molar-refractivity contribution >= 4 is 27.6 Å². The lowest BCUT2D eigenvalue weighted by molar-refractivity contribution is 0.474. The second kappa shape index (κ2) is 8.88. The Kier molecular flexibility index (Phi) is 5.86. The Hall–Kier alpha value is -3.51. The van der Waals surface area contributed by atoms with Gasteiger partial charge in [-0.1, -0.05) is 70.5 Å². The first-order chi connectivity index (χ1) is 14.6. The Balaban J connectivity index is 1.73. The number of anilines is 1. The van der Waals surface area contributed by atoms with Crippen LogP contribution in [0, 0.1) is 0 Å². The molecule has 0 radical (unpaired) electrons. The Morgan fingerprint density at radius 3 is 2.10 bits per heavy atom. The standard InChI is InChI=1S/C24H19BrN4O/c1-16(20-9-5-6-10-23(20)30)28-29-24-26-21(17-7-3-2-4-8-17)15-22(27-24)18-11-13-19(25)14-12-18/h2-15,30H,1H3,(H,26,27,29). The average Bonchev–Trinajstić information content (AvgIpc) is 2.78. The van der Waals surface area contributed by atoms with E-state index in [0.717, 1.165) is 27.0 Å². The van der Waals surface area contributed by atoms with Gasteiger partial charge in [0.1, 0.15) is 5.75 Å². The van der Waals surface area contributed by atoms with Crippen molar-refractivity contribution in [1.29, 1.82) is 0 Å². The number of hydrazone groups is 1. The summed E-state index contributed by atoms with van der Waals surface area (Å²) in [6.45, 7) is 1.82. The number of para-hydroxylation sites is 1. The van der Waals surface area contributed by atoms with Gasteiger partial charge >= 0.3 is 0 Å². The molecular weight excluding hydrogens is 440 g/mol. The molecule has 0 aliphatic heterocycles. The second-order valence-electron chi connectivity index (χ2n) is 6.66. The summed E-state index contributed by atoms with van der Waals surface area (Å²) in [6, 6.07) is 26.9. The lowest BCUT2D eigenvalue weighted by atomic mass is 10.1. The molecule has 0 spiro atoms. The number of rotatable bonds is 5. The predicted molar refractivity (Wildman–Crippen MR) is 125 cm³/mol. The highest BCUT2D eigenvalue weighted by Crippen LogP contribution is 2.26. The van der Waals surface area contributed by atoms with Gasteiger partial charge in [0.15, 0.2) is 0 Å². The third-order valence-corrected chi connectivity index (χ3v) is 5.08.